The first kappa shape index (κ1) is 14.5. The lowest BCUT2D eigenvalue weighted by atomic mass is 9.84. The zero-order valence-electron chi connectivity index (χ0n) is 12.1. The highest BCUT2D eigenvalue weighted by molar-refractivity contribution is 7.12. The van der Waals surface area contributed by atoms with Crippen LogP contribution in [0.2, 0.25) is 0 Å². The van der Waals surface area contributed by atoms with Crippen LogP contribution in [0.5, 0.6) is 0 Å². The van der Waals surface area contributed by atoms with Crippen LogP contribution in [0.1, 0.15) is 48.4 Å². The van der Waals surface area contributed by atoms with E-state index in [1.807, 2.05) is 11.9 Å². The maximum absolute atomic E-state index is 12.6. The standard InChI is InChI=1S/C15H24N2OS/c1-10-8-9-14(19-10)11(2)17(3)15(18)12-6-4-5-7-13(12)16/h8-9,11-13H,4-7,16H2,1-3H3. The molecule has 0 radical (unpaired) electrons. The number of nitrogens with two attached hydrogens (primary N) is 1. The van der Waals surface area contributed by atoms with Crippen LogP contribution < -0.4 is 5.73 Å². The zero-order valence-corrected chi connectivity index (χ0v) is 12.9. The zero-order chi connectivity index (χ0) is 14.0. The quantitative estimate of drug-likeness (QED) is 0.925. The van der Waals surface area contributed by atoms with E-state index in [9.17, 15) is 4.79 Å². The fourth-order valence-corrected chi connectivity index (χ4v) is 3.76. The Morgan fingerprint density at radius 1 is 1.42 bits per heavy atom. The van der Waals surface area contributed by atoms with Gasteiger partial charge in [-0.1, -0.05) is 12.8 Å². The second kappa shape index (κ2) is 6.06. The molecule has 2 rings (SSSR count). The molecule has 1 aromatic heterocycles. The Bertz CT molecular complexity index is 443. The molecule has 106 valence electrons. The number of hydrogen-bond donors (Lipinski definition) is 1. The molecule has 0 bridgehead atoms. The van der Waals surface area contributed by atoms with E-state index in [-0.39, 0.29) is 23.9 Å². The summed E-state index contributed by atoms with van der Waals surface area (Å²) < 4.78 is 0. The molecule has 0 saturated heterocycles. The topological polar surface area (TPSA) is 46.3 Å². The lowest BCUT2D eigenvalue weighted by Gasteiger charge is -2.33. The van der Waals surface area contributed by atoms with Crippen molar-refractivity contribution in [2.45, 2.75) is 51.6 Å². The van der Waals surface area contributed by atoms with Gasteiger partial charge in [0.1, 0.15) is 0 Å². The Kier molecular flexibility index (Phi) is 4.63. The predicted molar refractivity (Wildman–Crippen MR) is 80.2 cm³/mol. The summed E-state index contributed by atoms with van der Waals surface area (Å²) in [5, 5.41) is 0. The van der Waals surface area contributed by atoms with Crippen LogP contribution in [0.25, 0.3) is 0 Å². The third-order valence-electron chi connectivity index (χ3n) is 4.24. The molecule has 3 unspecified atom stereocenters. The van der Waals surface area contributed by atoms with Crippen molar-refractivity contribution in [1.82, 2.24) is 4.90 Å². The fraction of sp³-hybridized carbons (Fsp3) is 0.667. The van der Waals surface area contributed by atoms with Gasteiger partial charge in [-0.25, -0.2) is 0 Å². The van der Waals surface area contributed by atoms with E-state index < -0.39 is 0 Å². The number of hydrogen-bond acceptors (Lipinski definition) is 3. The fourth-order valence-electron chi connectivity index (χ4n) is 2.79. The van der Waals surface area contributed by atoms with Gasteiger partial charge in [0.15, 0.2) is 0 Å². The van der Waals surface area contributed by atoms with Crippen molar-refractivity contribution in [2.75, 3.05) is 7.05 Å². The minimum Gasteiger partial charge on any atom is -0.338 e. The predicted octanol–water partition coefficient (Wildman–Crippen LogP) is 3.09. The van der Waals surface area contributed by atoms with Gasteiger partial charge >= 0.3 is 0 Å². The van der Waals surface area contributed by atoms with Crippen LogP contribution in [0.15, 0.2) is 12.1 Å². The van der Waals surface area contributed by atoms with Gasteiger partial charge in [-0.15, -0.1) is 11.3 Å². The van der Waals surface area contributed by atoms with Crippen molar-refractivity contribution >= 4 is 17.2 Å². The van der Waals surface area contributed by atoms with E-state index in [2.05, 4.69) is 26.0 Å². The summed E-state index contributed by atoms with van der Waals surface area (Å²) in [6.45, 7) is 4.19. The van der Waals surface area contributed by atoms with E-state index >= 15 is 0 Å². The van der Waals surface area contributed by atoms with Crippen molar-refractivity contribution in [1.29, 1.82) is 0 Å². The molecule has 1 amide bonds. The number of rotatable bonds is 3. The molecule has 0 aromatic carbocycles. The summed E-state index contributed by atoms with van der Waals surface area (Å²) in [4.78, 5) is 17.0. The Balaban J connectivity index is 2.05. The van der Waals surface area contributed by atoms with Crippen molar-refractivity contribution in [2.24, 2.45) is 11.7 Å². The summed E-state index contributed by atoms with van der Waals surface area (Å²) in [5.74, 6) is 0.230. The van der Waals surface area contributed by atoms with Crippen LogP contribution in [-0.2, 0) is 4.79 Å². The first-order valence-electron chi connectivity index (χ1n) is 7.09. The minimum atomic E-state index is 0.0160. The summed E-state index contributed by atoms with van der Waals surface area (Å²) in [6.07, 6.45) is 4.22. The molecule has 0 spiro atoms. The Morgan fingerprint density at radius 3 is 2.68 bits per heavy atom. The summed E-state index contributed by atoms with van der Waals surface area (Å²) in [6, 6.07) is 4.41. The number of aryl methyl sites for hydroxylation is 1. The summed E-state index contributed by atoms with van der Waals surface area (Å²) in [5.41, 5.74) is 6.12. The first-order valence-corrected chi connectivity index (χ1v) is 7.91. The highest BCUT2D eigenvalue weighted by atomic mass is 32.1. The average Bonchev–Trinajstić information content (AvgIpc) is 2.83. The van der Waals surface area contributed by atoms with E-state index in [4.69, 9.17) is 5.73 Å². The highest BCUT2D eigenvalue weighted by Gasteiger charge is 2.32. The van der Waals surface area contributed by atoms with E-state index in [1.54, 1.807) is 11.3 Å². The molecule has 3 nitrogen and oxygen atoms in total. The Morgan fingerprint density at radius 2 is 2.11 bits per heavy atom. The maximum atomic E-state index is 12.6. The van der Waals surface area contributed by atoms with Gasteiger partial charge in [0.2, 0.25) is 5.91 Å². The number of nitrogens with zero attached hydrogens (tertiary/aromatic N) is 1. The second-order valence-electron chi connectivity index (χ2n) is 5.63. The second-order valence-corrected chi connectivity index (χ2v) is 6.95. The lowest BCUT2D eigenvalue weighted by molar-refractivity contribution is -0.137. The third-order valence-corrected chi connectivity index (χ3v) is 5.41. The van der Waals surface area contributed by atoms with E-state index in [0.29, 0.717) is 0 Å². The minimum absolute atomic E-state index is 0.0160. The SMILES string of the molecule is Cc1ccc(C(C)N(C)C(=O)C2CCCCC2N)s1. The molecular formula is C15H24N2OS. The maximum Gasteiger partial charge on any atom is 0.227 e. The van der Waals surface area contributed by atoms with Crippen LogP contribution in [0.4, 0.5) is 0 Å². The Labute approximate surface area is 119 Å². The molecule has 1 aliphatic rings. The first-order chi connectivity index (χ1) is 9.00. The molecule has 19 heavy (non-hydrogen) atoms. The average molecular weight is 280 g/mol. The number of carbonyl (C=O) groups is 1. The summed E-state index contributed by atoms with van der Waals surface area (Å²) >= 11 is 1.76. The number of thiophene rings is 1. The molecule has 1 heterocycles. The lowest BCUT2D eigenvalue weighted by Crippen LogP contribution is -2.45. The van der Waals surface area contributed by atoms with Gasteiger partial charge in [0, 0.05) is 22.8 Å². The van der Waals surface area contributed by atoms with Gasteiger partial charge in [-0.05, 0) is 38.8 Å². The van der Waals surface area contributed by atoms with Gasteiger partial charge < -0.3 is 10.6 Å². The smallest absolute Gasteiger partial charge is 0.227 e. The monoisotopic (exact) mass is 280 g/mol. The van der Waals surface area contributed by atoms with E-state index in [1.165, 1.54) is 9.75 Å². The molecule has 4 heteroatoms. The number of carbonyl (C=O) groups excluding carboxylic acids is 1. The van der Waals surface area contributed by atoms with Crippen molar-refractivity contribution in [3.63, 3.8) is 0 Å². The van der Waals surface area contributed by atoms with Crippen LogP contribution >= 0.6 is 11.3 Å². The third kappa shape index (κ3) is 3.18. The summed E-state index contributed by atoms with van der Waals surface area (Å²) in [7, 11) is 1.91. The molecule has 2 N–H and O–H groups in total. The van der Waals surface area contributed by atoms with Crippen molar-refractivity contribution < 1.29 is 4.79 Å². The normalized spacial score (nSPS) is 25.1. The van der Waals surface area contributed by atoms with Gasteiger partial charge in [0.05, 0.1) is 12.0 Å². The van der Waals surface area contributed by atoms with Gasteiger partial charge in [-0.3, -0.25) is 4.79 Å². The largest absolute Gasteiger partial charge is 0.338 e. The van der Waals surface area contributed by atoms with Gasteiger partial charge in [-0.2, -0.15) is 0 Å². The molecule has 0 aliphatic heterocycles. The molecular weight excluding hydrogens is 256 g/mol. The molecule has 1 saturated carbocycles. The van der Waals surface area contributed by atoms with Crippen LogP contribution in [0.3, 0.4) is 0 Å². The highest BCUT2D eigenvalue weighted by Crippen LogP contribution is 2.30. The molecule has 1 aromatic rings. The molecule has 1 aliphatic carbocycles. The Hall–Kier alpha value is -0.870. The van der Waals surface area contributed by atoms with Crippen LogP contribution in [0, 0.1) is 12.8 Å². The number of amides is 1. The molecule has 1 fully saturated rings. The van der Waals surface area contributed by atoms with E-state index in [0.717, 1.165) is 25.7 Å². The van der Waals surface area contributed by atoms with Crippen LogP contribution in [-0.4, -0.2) is 23.9 Å². The van der Waals surface area contributed by atoms with Crippen molar-refractivity contribution in [3.05, 3.63) is 21.9 Å². The molecule has 3 atom stereocenters. The van der Waals surface area contributed by atoms with Gasteiger partial charge in [0.25, 0.3) is 0 Å². The van der Waals surface area contributed by atoms with Crippen molar-refractivity contribution in [3.8, 4) is 0 Å².